The van der Waals surface area contributed by atoms with Crippen LogP contribution in [-0.4, -0.2) is 19.4 Å². The molecular weight excluding hydrogens is 192 g/mol. The summed E-state index contributed by atoms with van der Waals surface area (Å²) in [6, 6.07) is 0. The molecule has 0 unspecified atom stereocenters. The van der Waals surface area contributed by atoms with E-state index in [1.807, 2.05) is 12.2 Å². The number of unbranched alkanes of at least 4 members (excludes halogenated alkanes) is 2. The Morgan fingerprint density at radius 1 is 1.20 bits per heavy atom. The molecule has 0 rings (SSSR count). The van der Waals surface area contributed by atoms with Crippen LogP contribution in [0.4, 0.5) is 4.79 Å². The Balaban J connectivity index is 3.36. The van der Waals surface area contributed by atoms with Crippen molar-refractivity contribution in [3.05, 3.63) is 17.9 Å². The van der Waals surface area contributed by atoms with Crippen LogP contribution in [0.3, 0.4) is 0 Å². The highest BCUT2D eigenvalue weighted by Gasteiger charge is 1.98. The number of hydrogen-bond donors (Lipinski definition) is 0. The quantitative estimate of drug-likeness (QED) is 0.368. The molecule has 0 fully saturated rings. The lowest BCUT2D eigenvalue weighted by atomic mass is 10.2. The van der Waals surface area contributed by atoms with Crippen LogP contribution < -0.4 is 0 Å². The van der Waals surface area contributed by atoms with Crippen LogP contribution in [0.2, 0.25) is 0 Å². The summed E-state index contributed by atoms with van der Waals surface area (Å²) in [6.07, 6.45) is 7.42. The van der Waals surface area contributed by atoms with Gasteiger partial charge in [0.25, 0.3) is 0 Å². The molecule has 0 aliphatic heterocycles. The molecule has 0 aliphatic carbocycles. The van der Waals surface area contributed by atoms with Crippen LogP contribution in [0.25, 0.3) is 0 Å². The first-order valence-corrected chi connectivity index (χ1v) is 5.50. The maximum Gasteiger partial charge on any atom is 0.508 e. The standard InChI is InChI=1S/C12H20O3/c1-3-5-6-7-8-9-10-11-15-12(13)14-4-2/h7,9H,3-6,10-11H2,1-2H3. The molecule has 15 heavy (non-hydrogen) atoms. The second-order valence-corrected chi connectivity index (χ2v) is 3.04. The smallest absolute Gasteiger partial charge is 0.435 e. The average molecular weight is 212 g/mol. The largest absolute Gasteiger partial charge is 0.508 e. The normalized spacial score (nSPS) is 8.93. The molecule has 0 heterocycles. The predicted molar refractivity (Wildman–Crippen MR) is 59.8 cm³/mol. The Kier molecular flexibility index (Phi) is 9.99. The van der Waals surface area contributed by atoms with E-state index in [0.717, 1.165) is 6.42 Å². The van der Waals surface area contributed by atoms with E-state index < -0.39 is 6.16 Å². The summed E-state index contributed by atoms with van der Waals surface area (Å²) in [4.78, 5) is 10.7. The highest BCUT2D eigenvalue weighted by molar-refractivity contribution is 5.59. The van der Waals surface area contributed by atoms with Gasteiger partial charge < -0.3 is 9.47 Å². The van der Waals surface area contributed by atoms with Gasteiger partial charge in [-0.15, -0.1) is 5.73 Å². The Morgan fingerprint density at radius 3 is 2.60 bits per heavy atom. The van der Waals surface area contributed by atoms with Crippen LogP contribution in [0.5, 0.6) is 0 Å². The van der Waals surface area contributed by atoms with Crippen molar-refractivity contribution in [3.63, 3.8) is 0 Å². The van der Waals surface area contributed by atoms with Crippen LogP contribution in [-0.2, 0) is 9.47 Å². The lowest BCUT2D eigenvalue weighted by Crippen LogP contribution is -2.07. The van der Waals surface area contributed by atoms with Crippen LogP contribution in [0.15, 0.2) is 17.9 Å². The van der Waals surface area contributed by atoms with Gasteiger partial charge in [0.05, 0.1) is 13.2 Å². The third-order valence-corrected chi connectivity index (χ3v) is 1.68. The fourth-order valence-electron chi connectivity index (χ4n) is 0.917. The van der Waals surface area contributed by atoms with Crippen LogP contribution >= 0.6 is 0 Å². The fourth-order valence-corrected chi connectivity index (χ4v) is 0.917. The average Bonchev–Trinajstić information content (AvgIpc) is 2.22. The van der Waals surface area contributed by atoms with Gasteiger partial charge in [-0.1, -0.05) is 13.3 Å². The minimum Gasteiger partial charge on any atom is -0.435 e. The minimum absolute atomic E-state index is 0.353. The van der Waals surface area contributed by atoms with E-state index in [1.54, 1.807) is 6.92 Å². The Labute approximate surface area is 91.8 Å². The van der Waals surface area contributed by atoms with E-state index >= 15 is 0 Å². The molecule has 0 bridgehead atoms. The monoisotopic (exact) mass is 212 g/mol. The molecule has 0 spiro atoms. The van der Waals surface area contributed by atoms with Crippen LogP contribution in [0.1, 0.15) is 39.5 Å². The molecule has 3 heteroatoms. The number of carbonyl (C=O) groups is 1. The van der Waals surface area contributed by atoms with Crippen LogP contribution in [0, 0.1) is 0 Å². The molecule has 86 valence electrons. The number of carbonyl (C=O) groups excluding carboxylic acids is 1. The molecule has 3 nitrogen and oxygen atoms in total. The van der Waals surface area contributed by atoms with Crippen molar-refractivity contribution in [2.75, 3.05) is 13.2 Å². The van der Waals surface area contributed by atoms with E-state index in [-0.39, 0.29) is 0 Å². The van der Waals surface area contributed by atoms with Gasteiger partial charge >= 0.3 is 6.16 Å². The second kappa shape index (κ2) is 10.9. The van der Waals surface area contributed by atoms with Gasteiger partial charge in [-0.05, 0) is 31.9 Å². The molecule has 0 aliphatic rings. The fraction of sp³-hybridized carbons (Fsp3) is 0.667. The van der Waals surface area contributed by atoms with E-state index in [4.69, 9.17) is 4.74 Å². The lowest BCUT2D eigenvalue weighted by Gasteiger charge is -2.00. The number of ether oxygens (including phenoxy) is 2. The molecule has 0 saturated heterocycles. The maximum absolute atomic E-state index is 10.7. The van der Waals surface area contributed by atoms with E-state index in [0.29, 0.717) is 19.6 Å². The van der Waals surface area contributed by atoms with Crippen molar-refractivity contribution in [1.82, 2.24) is 0 Å². The summed E-state index contributed by atoms with van der Waals surface area (Å²) in [7, 11) is 0. The summed E-state index contributed by atoms with van der Waals surface area (Å²) < 4.78 is 9.36. The van der Waals surface area contributed by atoms with Gasteiger partial charge in [-0.3, -0.25) is 0 Å². The summed E-state index contributed by atoms with van der Waals surface area (Å²) in [5, 5.41) is 0. The van der Waals surface area contributed by atoms with Crippen molar-refractivity contribution >= 4 is 6.16 Å². The molecule has 0 aromatic heterocycles. The molecule has 0 radical (unpaired) electrons. The van der Waals surface area contributed by atoms with Crippen molar-refractivity contribution in [3.8, 4) is 0 Å². The second-order valence-electron chi connectivity index (χ2n) is 3.04. The Morgan fingerprint density at radius 2 is 1.93 bits per heavy atom. The topological polar surface area (TPSA) is 35.5 Å². The van der Waals surface area contributed by atoms with Gasteiger partial charge in [0, 0.05) is 6.42 Å². The zero-order valence-corrected chi connectivity index (χ0v) is 9.62. The van der Waals surface area contributed by atoms with E-state index in [1.165, 1.54) is 12.8 Å². The SMILES string of the molecule is CCCCC=C=CCCOC(=O)OCC. The molecule has 0 saturated carbocycles. The lowest BCUT2D eigenvalue weighted by molar-refractivity contribution is 0.0604. The molecule has 0 amide bonds. The summed E-state index contributed by atoms with van der Waals surface area (Å²) >= 11 is 0. The first kappa shape index (κ1) is 13.8. The van der Waals surface area contributed by atoms with Crippen molar-refractivity contribution < 1.29 is 14.3 Å². The van der Waals surface area contributed by atoms with Gasteiger partial charge in [0.15, 0.2) is 0 Å². The van der Waals surface area contributed by atoms with Gasteiger partial charge in [-0.2, -0.15) is 0 Å². The van der Waals surface area contributed by atoms with Gasteiger partial charge in [0.1, 0.15) is 0 Å². The molecule has 0 atom stereocenters. The van der Waals surface area contributed by atoms with Crippen molar-refractivity contribution in [2.24, 2.45) is 0 Å². The van der Waals surface area contributed by atoms with Crippen molar-refractivity contribution in [1.29, 1.82) is 0 Å². The Bertz CT molecular complexity index is 215. The predicted octanol–water partition coefficient (Wildman–Crippen LogP) is 3.45. The molecule has 0 aromatic rings. The van der Waals surface area contributed by atoms with E-state index in [9.17, 15) is 4.79 Å². The van der Waals surface area contributed by atoms with Gasteiger partial charge in [-0.25, -0.2) is 4.79 Å². The highest BCUT2D eigenvalue weighted by Crippen LogP contribution is 1.94. The summed E-state index contributed by atoms with van der Waals surface area (Å²) in [5.74, 6) is 0. The number of rotatable bonds is 7. The zero-order valence-electron chi connectivity index (χ0n) is 9.62. The first-order chi connectivity index (χ1) is 7.31. The summed E-state index contributed by atoms with van der Waals surface area (Å²) in [6.45, 7) is 4.61. The third kappa shape index (κ3) is 10.7. The first-order valence-electron chi connectivity index (χ1n) is 5.50. The molecule has 0 N–H and O–H groups in total. The van der Waals surface area contributed by atoms with Gasteiger partial charge in [0.2, 0.25) is 0 Å². The molecule has 0 aromatic carbocycles. The number of hydrogen-bond acceptors (Lipinski definition) is 3. The zero-order chi connectivity index (χ0) is 11.4. The molecular formula is C12H20O3. The minimum atomic E-state index is -0.596. The maximum atomic E-state index is 10.7. The highest BCUT2D eigenvalue weighted by atomic mass is 16.7. The van der Waals surface area contributed by atoms with E-state index in [2.05, 4.69) is 17.4 Å². The Hall–Kier alpha value is -1.21. The third-order valence-electron chi connectivity index (χ3n) is 1.68. The summed E-state index contributed by atoms with van der Waals surface area (Å²) in [5.41, 5.74) is 3.04. The van der Waals surface area contributed by atoms with Crippen molar-refractivity contribution in [2.45, 2.75) is 39.5 Å².